The molecular weight excluding hydrogens is 214 g/mol. The highest BCUT2D eigenvalue weighted by Gasteiger charge is 2.09. The van der Waals surface area contributed by atoms with Crippen molar-refractivity contribution in [2.45, 2.75) is 6.92 Å². The van der Waals surface area contributed by atoms with E-state index in [4.69, 9.17) is 15.7 Å². The van der Waals surface area contributed by atoms with Crippen LogP contribution in [0.2, 0.25) is 0 Å². The Hall–Kier alpha value is -2.54. The highest BCUT2D eigenvalue weighted by atomic mass is 16.5. The molecule has 0 bridgehead atoms. The van der Waals surface area contributed by atoms with Gasteiger partial charge in [-0.3, -0.25) is 0 Å². The minimum absolute atomic E-state index is 0.274. The summed E-state index contributed by atoms with van der Waals surface area (Å²) in [6.07, 6.45) is 1.57. The van der Waals surface area contributed by atoms with Gasteiger partial charge in [0, 0.05) is 6.20 Å². The fourth-order valence-corrected chi connectivity index (χ4v) is 1.47. The number of pyridine rings is 1. The lowest BCUT2D eigenvalue weighted by Gasteiger charge is -2.10. The molecule has 0 fully saturated rings. The van der Waals surface area contributed by atoms with E-state index >= 15 is 0 Å². The van der Waals surface area contributed by atoms with Gasteiger partial charge in [-0.2, -0.15) is 5.26 Å². The van der Waals surface area contributed by atoms with Crippen LogP contribution in [0, 0.1) is 18.3 Å². The van der Waals surface area contributed by atoms with Crippen LogP contribution in [0.15, 0.2) is 36.5 Å². The Kier molecular flexibility index (Phi) is 2.93. The molecule has 17 heavy (non-hydrogen) atoms. The van der Waals surface area contributed by atoms with Crippen LogP contribution in [-0.2, 0) is 0 Å². The quantitative estimate of drug-likeness (QED) is 0.797. The molecule has 1 heterocycles. The lowest BCUT2D eigenvalue weighted by molar-refractivity contribution is 0.460. The number of nitrogens with two attached hydrogens (primary N) is 1. The summed E-state index contributed by atoms with van der Waals surface area (Å²) in [6.45, 7) is 1.89. The molecule has 0 aliphatic heterocycles. The molecular formula is C13H11N3O. The first-order valence-corrected chi connectivity index (χ1v) is 5.10. The average Bonchev–Trinajstić information content (AvgIpc) is 2.34. The predicted molar refractivity (Wildman–Crippen MR) is 64.6 cm³/mol. The lowest BCUT2D eigenvalue weighted by atomic mass is 10.2. The molecule has 0 radical (unpaired) electrons. The van der Waals surface area contributed by atoms with Crippen molar-refractivity contribution in [3.63, 3.8) is 0 Å². The zero-order valence-electron chi connectivity index (χ0n) is 9.34. The number of anilines is 1. The van der Waals surface area contributed by atoms with Gasteiger partial charge in [0.1, 0.15) is 11.6 Å². The Morgan fingerprint density at radius 3 is 2.82 bits per heavy atom. The molecule has 0 saturated carbocycles. The second kappa shape index (κ2) is 4.54. The van der Waals surface area contributed by atoms with Gasteiger partial charge in [0.15, 0.2) is 5.75 Å². The third-order valence-electron chi connectivity index (χ3n) is 2.33. The first kappa shape index (κ1) is 11.0. The predicted octanol–water partition coefficient (Wildman–Crippen LogP) is 2.64. The maximum Gasteiger partial charge on any atom is 0.237 e. The van der Waals surface area contributed by atoms with Gasteiger partial charge in [0.25, 0.3) is 0 Å². The fourth-order valence-electron chi connectivity index (χ4n) is 1.47. The van der Waals surface area contributed by atoms with Crippen LogP contribution in [0.25, 0.3) is 0 Å². The van der Waals surface area contributed by atoms with Crippen LogP contribution in [0.1, 0.15) is 11.1 Å². The number of benzene rings is 1. The molecule has 1 aromatic carbocycles. The molecule has 2 rings (SSSR count). The molecule has 4 nitrogen and oxygen atoms in total. The lowest BCUT2D eigenvalue weighted by Crippen LogP contribution is -1.97. The number of rotatable bonds is 2. The number of hydrogen-bond acceptors (Lipinski definition) is 4. The molecule has 2 aromatic rings. The van der Waals surface area contributed by atoms with Gasteiger partial charge in [-0.25, -0.2) is 4.98 Å². The van der Waals surface area contributed by atoms with E-state index in [0.29, 0.717) is 17.0 Å². The molecule has 0 amide bonds. The fraction of sp³-hybridized carbons (Fsp3) is 0.0769. The number of ether oxygens (including phenoxy) is 1. The van der Waals surface area contributed by atoms with Crippen molar-refractivity contribution in [2.75, 3.05) is 5.73 Å². The van der Waals surface area contributed by atoms with Crippen LogP contribution in [0.5, 0.6) is 11.6 Å². The number of nitrogen functional groups attached to an aromatic ring is 1. The van der Waals surface area contributed by atoms with E-state index in [1.165, 1.54) is 0 Å². The van der Waals surface area contributed by atoms with Gasteiger partial charge in [-0.05, 0) is 30.7 Å². The summed E-state index contributed by atoms with van der Waals surface area (Å²) in [5.74, 6) is 0.818. The van der Waals surface area contributed by atoms with E-state index in [0.717, 1.165) is 5.56 Å². The smallest absolute Gasteiger partial charge is 0.237 e. The Morgan fingerprint density at radius 1 is 1.29 bits per heavy atom. The second-order valence-electron chi connectivity index (χ2n) is 3.56. The Bertz CT molecular complexity index is 567. The Balaban J connectivity index is 2.42. The zero-order chi connectivity index (χ0) is 12.3. The number of para-hydroxylation sites is 1. The minimum atomic E-state index is 0.274. The third kappa shape index (κ3) is 2.18. The summed E-state index contributed by atoms with van der Waals surface area (Å²) in [5.41, 5.74) is 7.64. The van der Waals surface area contributed by atoms with Gasteiger partial charge in [0.2, 0.25) is 5.88 Å². The van der Waals surface area contributed by atoms with Gasteiger partial charge in [0.05, 0.1) is 5.69 Å². The minimum Gasteiger partial charge on any atom is -0.435 e. The molecule has 1 aromatic heterocycles. The molecule has 4 heteroatoms. The molecule has 0 aliphatic rings. The van der Waals surface area contributed by atoms with E-state index in [2.05, 4.69) is 4.98 Å². The van der Waals surface area contributed by atoms with Gasteiger partial charge < -0.3 is 10.5 Å². The van der Waals surface area contributed by atoms with Crippen molar-refractivity contribution in [1.29, 1.82) is 5.26 Å². The number of hydrogen-bond donors (Lipinski definition) is 1. The Morgan fingerprint density at radius 2 is 2.12 bits per heavy atom. The Labute approximate surface area is 99.3 Å². The topological polar surface area (TPSA) is 71.9 Å². The number of aryl methyl sites for hydroxylation is 1. The van der Waals surface area contributed by atoms with Crippen molar-refractivity contribution in [2.24, 2.45) is 0 Å². The van der Waals surface area contributed by atoms with Crippen LogP contribution < -0.4 is 10.5 Å². The molecule has 0 atom stereocenters. The summed E-state index contributed by atoms with van der Waals surface area (Å²) in [6, 6.07) is 10.8. The highest BCUT2D eigenvalue weighted by molar-refractivity contribution is 5.58. The molecule has 0 unspecified atom stereocenters. The maximum absolute atomic E-state index is 8.93. The number of nitrogens with zero attached hydrogens (tertiary/aromatic N) is 2. The molecule has 0 saturated heterocycles. The van der Waals surface area contributed by atoms with Crippen LogP contribution in [0.3, 0.4) is 0 Å². The van der Waals surface area contributed by atoms with E-state index in [1.54, 1.807) is 24.4 Å². The first-order valence-electron chi connectivity index (χ1n) is 5.10. The summed E-state index contributed by atoms with van der Waals surface area (Å²) in [5, 5.41) is 8.93. The summed E-state index contributed by atoms with van der Waals surface area (Å²) in [4.78, 5) is 4.03. The third-order valence-corrected chi connectivity index (χ3v) is 2.33. The van der Waals surface area contributed by atoms with Crippen LogP contribution in [0.4, 0.5) is 5.69 Å². The highest BCUT2D eigenvalue weighted by Crippen LogP contribution is 2.30. The van der Waals surface area contributed by atoms with E-state index in [-0.39, 0.29) is 5.88 Å². The van der Waals surface area contributed by atoms with Crippen LogP contribution >= 0.6 is 0 Å². The number of aromatic nitrogens is 1. The zero-order valence-corrected chi connectivity index (χ0v) is 9.34. The number of nitriles is 1. The first-order chi connectivity index (χ1) is 8.22. The summed E-state index contributed by atoms with van der Waals surface area (Å²) >= 11 is 0. The van der Waals surface area contributed by atoms with E-state index in [1.807, 2.05) is 25.1 Å². The molecule has 84 valence electrons. The molecule has 0 spiro atoms. The normalized spacial score (nSPS) is 9.65. The van der Waals surface area contributed by atoms with Gasteiger partial charge in [-0.1, -0.05) is 12.1 Å². The van der Waals surface area contributed by atoms with Crippen LogP contribution in [-0.4, -0.2) is 4.98 Å². The van der Waals surface area contributed by atoms with Crippen molar-refractivity contribution < 1.29 is 4.74 Å². The maximum atomic E-state index is 8.93. The van der Waals surface area contributed by atoms with Gasteiger partial charge >= 0.3 is 0 Å². The van der Waals surface area contributed by atoms with Gasteiger partial charge in [-0.15, -0.1) is 0 Å². The standard InChI is InChI=1S/C13H11N3O/c1-9-4-2-6-11(15)12(9)17-13-10(8-14)5-3-7-16-13/h2-7H,15H2,1H3. The molecule has 2 N–H and O–H groups in total. The molecule has 0 aliphatic carbocycles. The van der Waals surface area contributed by atoms with Crippen molar-refractivity contribution >= 4 is 5.69 Å². The van der Waals surface area contributed by atoms with Crippen molar-refractivity contribution in [3.05, 3.63) is 47.7 Å². The monoisotopic (exact) mass is 225 g/mol. The largest absolute Gasteiger partial charge is 0.435 e. The second-order valence-corrected chi connectivity index (χ2v) is 3.56. The van der Waals surface area contributed by atoms with Crippen molar-refractivity contribution in [1.82, 2.24) is 4.98 Å². The average molecular weight is 225 g/mol. The SMILES string of the molecule is Cc1cccc(N)c1Oc1ncccc1C#N. The van der Waals surface area contributed by atoms with E-state index < -0.39 is 0 Å². The van der Waals surface area contributed by atoms with Crippen molar-refractivity contribution in [3.8, 4) is 17.7 Å². The van der Waals surface area contributed by atoms with E-state index in [9.17, 15) is 0 Å². The summed E-state index contributed by atoms with van der Waals surface area (Å²) in [7, 11) is 0. The summed E-state index contributed by atoms with van der Waals surface area (Å²) < 4.78 is 5.60.